The number of nitrogens with one attached hydrogen (secondary N) is 1. The minimum absolute atomic E-state index is 0.0325. The molecule has 0 aromatic rings. The van der Waals surface area contributed by atoms with Gasteiger partial charge in [-0.05, 0) is 53.4 Å². The van der Waals surface area contributed by atoms with Crippen molar-refractivity contribution < 1.29 is 14.3 Å². The molecule has 3 atom stereocenters. The van der Waals surface area contributed by atoms with Crippen LogP contribution >= 0.6 is 0 Å². The average Bonchev–Trinajstić information content (AvgIpc) is 2.28. The highest BCUT2D eigenvalue weighted by Gasteiger charge is 2.31. The molecule has 116 valence electrons. The maximum Gasteiger partial charge on any atom is 0.408 e. The highest BCUT2D eigenvalue weighted by atomic mass is 16.6. The summed E-state index contributed by atoms with van der Waals surface area (Å²) in [5.41, 5.74) is -0.556. The first-order valence-corrected chi connectivity index (χ1v) is 7.40. The van der Waals surface area contributed by atoms with Crippen molar-refractivity contribution in [2.75, 3.05) is 6.54 Å². The zero-order chi connectivity index (χ0) is 15.5. The van der Waals surface area contributed by atoms with Crippen LogP contribution in [0.1, 0.15) is 54.4 Å². The molecule has 2 amide bonds. The normalized spacial score (nSPS) is 25.0. The Morgan fingerprint density at radius 3 is 2.40 bits per heavy atom. The highest BCUT2D eigenvalue weighted by molar-refractivity contribution is 5.85. The molecule has 0 aromatic carbocycles. The Morgan fingerprint density at radius 2 is 1.85 bits per heavy atom. The zero-order valence-corrected chi connectivity index (χ0v) is 13.5. The molecule has 5 heteroatoms. The van der Waals surface area contributed by atoms with E-state index in [-0.39, 0.29) is 11.9 Å². The van der Waals surface area contributed by atoms with Gasteiger partial charge in [-0.3, -0.25) is 4.79 Å². The number of amides is 2. The first-order valence-electron chi connectivity index (χ1n) is 7.40. The van der Waals surface area contributed by atoms with Gasteiger partial charge in [-0.1, -0.05) is 6.92 Å². The van der Waals surface area contributed by atoms with Crippen LogP contribution in [0.2, 0.25) is 0 Å². The summed E-state index contributed by atoms with van der Waals surface area (Å²) in [7, 11) is 0. The lowest BCUT2D eigenvalue weighted by atomic mass is 9.94. The minimum atomic E-state index is -0.558. The molecule has 0 spiro atoms. The van der Waals surface area contributed by atoms with Gasteiger partial charge in [-0.25, -0.2) is 4.79 Å². The molecule has 0 aromatic heterocycles. The number of alkyl carbamates (subject to hydrolysis) is 1. The summed E-state index contributed by atoms with van der Waals surface area (Å²) >= 11 is 0. The van der Waals surface area contributed by atoms with Crippen molar-refractivity contribution >= 4 is 12.0 Å². The first-order chi connectivity index (χ1) is 9.10. The van der Waals surface area contributed by atoms with E-state index in [0.29, 0.717) is 5.92 Å². The third kappa shape index (κ3) is 5.02. The molecule has 1 aliphatic heterocycles. The highest BCUT2D eigenvalue weighted by Crippen LogP contribution is 2.22. The van der Waals surface area contributed by atoms with Crippen molar-refractivity contribution in [1.82, 2.24) is 10.2 Å². The van der Waals surface area contributed by atoms with Gasteiger partial charge in [0.05, 0.1) is 0 Å². The predicted octanol–water partition coefficient (Wildman–Crippen LogP) is 2.55. The fourth-order valence-electron chi connectivity index (χ4n) is 2.39. The molecule has 1 N–H and O–H groups in total. The van der Waals surface area contributed by atoms with Crippen LogP contribution in [0.15, 0.2) is 0 Å². The van der Waals surface area contributed by atoms with E-state index in [1.807, 2.05) is 4.90 Å². The van der Waals surface area contributed by atoms with E-state index in [4.69, 9.17) is 4.74 Å². The third-order valence-electron chi connectivity index (χ3n) is 3.50. The number of carbonyl (C=O) groups is 2. The van der Waals surface area contributed by atoms with E-state index in [1.54, 1.807) is 27.7 Å². The van der Waals surface area contributed by atoms with Gasteiger partial charge in [0.2, 0.25) is 5.91 Å². The van der Waals surface area contributed by atoms with Crippen LogP contribution in [0.3, 0.4) is 0 Å². The van der Waals surface area contributed by atoms with Gasteiger partial charge in [0.15, 0.2) is 0 Å². The van der Waals surface area contributed by atoms with Crippen molar-refractivity contribution in [3.63, 3.8) is 0 Å². The number of carbonyl (C=O) groups excluding carboxylic acids is 2. The zero-order valence-electron chi connectivity index (χ0n) is 13.5. The first kappa shape index (κ1) is 16.8. The molecule has 1 saturated heterocycles. The summed E-state index contributed by atoms with van der Waals surface area (Å²) in [6.45, 7) is 12.1. The van der Waals surface area contributed by atoms with E-state index < -0.39 is 17.7 Å². The van der Waals surface area contributed by atoms with E-state index >= 15 is 0 Å². The van der Waals surface area contributed by atoms with Crippen LogP contribution < -0.4 is 5.32 Å². The number of hydrogen-bond donors (Lipinski definition) is 1. The Hall–Kier alpha value is -1.26. The van der Waals surface area contributed by atoms with Gasteiger partial charge in [0, 0.05) is 12.6 Å². The Morgan fingerprint density at radius 1 is 1.25 bits per heavy atom. The average molecular weight is 284 g/mol. The van der Waals surface area contributed by atoms with Crippen molar-refractivity contribution in [3.8, 4) is 0 Å². The molecule has 0 saturated carbocycles. The fourth-order valence-corrected chi connectivity index (χ4v) is 2.39. The maximum absolute atomic E-state index is 12.4. The third-order valence-corrected chi connectivity index (χ3v) is 3.50. The van der Waals surface area contributed by atoms with E-state index in [2.05, 4.69) is 19.2 Å². The number of nitrogens with zero attached hydrogens (tertiary/aromatic N) is 1. The topological polar surface area (TPSA) is 58.6 Å². The van der Waals surface area contributed by atoms with E-state index in [0.717, 1.165) is 19.4 Å². The number of rotatable bonds is 2. The molecule has 1 aliphatic rings. The van der Waals surface area contributed by atoms with Gasteiger partial charge in [0.25, 0.3) is 0 Å². The van der Waals surface area contributed by atoms with Crippen LogP contribution in [0.4, 0.5) is 4.79 Å². The summed E-state index contributed by atoms with van der Waals surface area (Å²) in [5, 5.41) is 2.62. The second kappa shape index (κ2) is 6.46. The molecule has 1 rings (SSSR count). The van der Waals surface area contributed by atoms with Crippen molar-refractivity contribution in [1.29, 1.82) is 0 Å². The maximum atomic E-state index is 12.4. The van der Waals surface area contributed by atoms with Gasteiger partial charge in [-0.15, -0.1) is 0 Å². The molecule has 0 bridgehead atoms. The number of piperidine rings is 1. The molecule has 0 radical (unpaired) electrons. The van der Waals surface area contributed by atoms with E-state index in [9.17, 15) is 9.59 Å². The smallest absolute Gasteiger partial charge is 0.408 e. The van der Waals surface area contributed by atoms with Crippen LogP contribution in [-0.4, -0.2) is 41.1 Å². The van der Waals surface area contributed by atoms with Gasteiger partial charge in [-0.2, -0.15) is 0 Å². The Bertz CT molecular complexity index is 363. The van der Waals surface area contributed by atoms with Gasteiger partial charge >= 0.3 is 6.09 Å². The lowest BCUT2D eigenvalue weighted by Gasteiger charge is -2.38. The molecule has 1 heterocycles. The molecule has 5 nitrogen and oxygen atoms in total. The molecule has 20 heavy (non-hydrogen) atoms. The number of ether oxygens (including phenoxy) is 1. The molecule has 3 unspecified atom stereocenters. The summed E-state index contributed by atoms with van der Waals surface area (Å²) in [5.74, 6) is 0.485. The lowest BCUT2D eigenvalue weighted by molar-refractivity contribution is -0.137. The van der Waals surface area contributed by atoms with Crippen LogP contribution in [-0.2, 0) is 9.53 Å². The van der Waals surface area contributed by atoms with Crippen LogP contribution in [0.25, 0.3) is 0 Å². The predicted molar refractivity (Wildman–Crippen MR) is 78.4 cm³/mol. The molecule has 0 aliphatic carbocycles. The standard InChI is InChI=1S/C15H28N2O3/c1-10-7-8-11(2)17(9-10)13(18)12(3)16-14(19)20-15(4,5)6/h10-12H,7-9H2,1-6H3,(H,16,19). The summed E-state index contributed by atoms with van der Waals surface area (Å²) in [6.07, 6.45) is 1.63. The second-order valence-electron chi connectivity index (χ2n) is 6.89. The van der Waals surface area contributed by atoms with E-state index in [1.165, 1.54) is 0 Å². The quantitative estimate of drug-likeness (QED) is 0.847. The fraction of sp³-hybridized carbons (Fsp3) is 0.867. The molecule has 1 fully saturated rings. The minimum Gasteiger partial charge on any atom is -0.444 e. The number of hydrogen-bond acceptors (Lipinski definition) is 3. The molecular weight excluding hydrogens is 256 g/mol. The SMILES string of the molecule is CC1CCC(C)N(C(=O)C(C)NC(=O)OC(C)(C)C)C1. The Labute approximate surface area is 122 Å². The summed E-state index contributed by atoms with van der Waals surface area (Å²) in [6, 6.07) is -0.320. The molecular formula is C15H28N2O3. The monoisotopic (exact) mass is 284 g/mol. The van der Waals surface area contributed by atoms with Crippen LogP contribution in [0.5, 0.6) is 0 Å². The largest absolute Gasteiger partial charge is 0.444 e. The lowest BCUT2D eigenvalue weighted by Crippen LogP contribution is -2.53. The van der Waals surface area contributed by atoms with Crippen molar-refractivity contribution in [2.24, 2.45) is 5.92 Å². The van der Waals surface area contributed by atoms with Gasteiger partial charge < -0.3 is 15.0 Å². The summed E-state index contributed by atoms with van der Waals surface area (Å²) in [4.78, 5) is 26.0. The van der Waals surface area contributed by atoms with Crippen molar-refractivity contribution in [2.45, 2.75) is 72.1 Å². The summed E-state index contributed by atoms with van der Waals surface area (Å²) < 4.78 is 5.17. The van der Waals surface area contributed by atoms with Gasteiger partial charge in [0.1, 0.15) is 11.6 Å². The van der Waals surface area contributed by atoms with Crippen molar-refractivity contribution in [3.05, 3.63) is 0 Å². The Balaban J connectivity index is 2.56. The van der Waals surface area contributed by atoms with Crippen LogP contribution in [0, 0.1) is 5.92 Å². The Kier molecular flexibility index (Phi) is 5.42. The number of likely N-dealkylation sites (tertiary alicyclic amines) is 1. The second-order valence-corrected chi connectivity index (χ2v) is 6.89.